The molecule has 1 amide bonds. The van der Waals surface area contributed by atoms with Gasteiger partial charge in [0.05, 0.1) is 18.0 Å². The third kappa shape index (κ3) is 5.08. The van der Waals surface area contributed by atoms with Crippen molar-refractivity contribution in [3.8, 4) is 5.69 Å². The lowest BCUT2D eigenvalue weighted by Crippen LogP contribution is -2.28. The Bertz CT molecular complexity index is 1350. The molecule has 0 spiro atoms. The molecule has 0 N–H and O–H groups in total. The predicted octanol–water partition coefficient (Wildman–Crippen LogP) is 6.91. The van der Waals surface area contributed by atoms with Crippen molar-refractivity contribution < 1.29 is 4.79 Å². The highest BCUT2D eigenvalue weighted by Gasteiger charge is 2.33. The molecule has 2 heterocycles. The molecule has 6 heteroatoms. The summed E-state index contributed by atoms with van der Waals surface area (Å²) in [4.78, 5) is 20.8. The summed E-state index contributed by atoms with van der Waals surface area (Å²) in [6.45, 7) is 1.02. The van der Waals surface area contributed by atoms with Crippen LogP contribution in [0.15, 0.2) is 118 Å². The summed E-state index contributed by atoms with van der Waals surface area (Å²) in [7, 11) is 0. The standard InChI is InChI=1S/C28H22BrN3OS/c29-23-13-15-24(16-14-23)31-17-7-12-25(31)18-26-27(33)32(20-22-10-5-2-6-11-22)28(34-26)30-19-21-8-3-1-4-9-21/h1-18H,19-20H2/b26-18-,30-28?. The largest absolute Gasteiger partial charge is 0.317 e. The second-order valence-electron chi connectivity index (χ2n) is 7.85. The van der Waals surface area contributed by atoms with Crippen molar-refractivity contribution >= 4 is 44.8 Å². The molecule has 4 nitrogen and oxygen atoms in total. The summed E-state index contributed by atoms with van der Waals surface area (Å²) >= 11 is 4.93. The molecule has 0 aliphatic carbocycles. The van der Waals surface area contributed by atoms with Crippen molar-refractivity contribution in [2.24, 2.45) is 4.99 Å². The average Bonchev–Trinajstić information content (AvgIpc) is 3.45. The first kappa shape index (κ1) is 22.4. The third-order valence-electron chi connectivity index (χ3n) is 5.48. The van der Waals surface area contributed by atoms with Gasteiger partial charge in [-0.15, -0.1) is 0 Å². The summed E-state index contributed by atoms with van der Waals surface area (Å²) in [6.07, 6.45) is 3.96. The smallest absolute Gasteiger partial charge is 0.267 e. The number of carbonyl (C=O) groups is 1. The predicted molar refractivity (Wildman–Crippen MR) is 144 cm³/mol. The monoisotopic (exact) mass is 527 g/mol. The first-order valence-corrected chi connectivity index (χ1v) is 12.6. The Morgan fingerprint density at radius 1 is 0.824 bits per heavy atom. The number of rotatable bonds is 6. The van der Waals surface area contributed by atoms with Crippen LogP contribution in [0.25, 0.3) is 11.8 Å². The number of nitrogens with zero attached hydrogens (tertiary/aromatic N) is 3. The summed E-state index contributed by atoms with van der Waals surface area (Å²) < 4.78 is 3.11. The van der Waals surface area contributed by atoms with Crippen LogP contribution in [-0.4, -0.2) is 20.5 Å². The molecular formula is C28H22BrN3OS. The van der Waals surface area contributed by atoms with Gasteiger partial charge in [0.1, 0.15) is 0 Å². The minimum absolute atomic E-state index is 0.0239. The summed E-state index contributed by atoms with van der Waals surface area (Å²) in [5.74, 6) is -0.0239. The van der Waals surface area contributed by atoms with Crippen molar-refractivity contribution in [2.45, 2.75) is 13.1 Å². The number of hydrogen-bond donors (Lipinski definition) is 0. The van der Waals surface area contributed by atoms with Gasteiger partial charge >= 0.3 is 0 Å². The van der Waals surface area contributed by atoms with Gasteiger partial charge in [-0.2, -0.15) is 0 Å². The number of aliphatic imine (C=N–C) groups is 1. The van der Waals surface area contributed by atoms with E-state index in [1.165, 1.54) is 11.8 Å². The second kappa shape index (κ2) is 10.3. The molecule has 3 aromatic carbocycles. The highest BCUT2D eigenvalue weighted by Crippen LogP contribution is 2.34. The van der Waals surface area contributed by atoms with Gasteiger partial charge in [-0.3, -0.25) is 14.7 Å². The first-order valence-electron chi connectivity index (χ1n) is 10.9. The Labute approximate surface area is 211 Å². The van der Waals surface area contributed by atoms with Gasteiger partial charge in [0, 0.05) is 22.1 Å². The lowest BCUT2D eigenvalue weighted by molar-refractivity contribution is -0.122. The molecule has 34 heavy (non-hydrogen) atoms. The lowest BCUT2D eigenvalue weighted by Gasteiger charge is -2.15. The van der Waals surface area contributed by atoms with Crippen LogP contribution in [0.5, 0.6) is 0 Å². The maximum Gasteiger partial charge on any atom is 0.267 e. The quantitative estimate of drug-likeness (QED) is 0.255. The van der Waals surface area contributed by atoms with Crippen LogP contribution in [0.1, 0.15) is 16.8 Å². The van der Waals surface area contributed by atoms with Gasteiger partial charge in [0.25, 0.3) is 5.91 Å². The minimum atomic E-state index is -0.0239. The van der Waals surface area contributed by atoms with Crippen molar-refractivity contribution in [3.05, 3.63) is 129 Å². The molecule has 1 saturated heterocycles. The molecule has 0 bridgehead atoms. The van der Waals surface area contributed by atoms with Gasteiger partial charge in [-0.1, -0.05) is 76.6 Å². The Kier molecular flexibility index (Phi) is 6.79. The second-order valence-corrected chi connectivity index (χ2v) is 9.78. The Morgan fingerprint density at radius 3 is 2.21 bits per heavy atom. The summed E-state index contributed by atoms with van der Waals surface area (Å²) in [6, 6.07) is 32.3. The van der Waals surface area contributed by atoms with E-state index in [0.29, 0.717) is 18.0 Å². The normalized spacial score (nSPS) is 16.0. The van der Waals surface area contributed by atoms with Gasteiger partial charge < -0.3 is 4.57 Å². The highest BCUT2D eigenvalue weighted by atomic mass is 79.9. The molecule has 4 aromatic rings. The van der Waals surface area contributed by atoms with E-state index in [0.717, 1.165) is 32.1 Å². The molecule has 5 rings (SSSR count). The summed E-state index contributed by atoms with van der Waals surface area (Å²) in [5, 5.41) is 0.728. The molecule has 0 radical (unpaired) electrons. The van der Waals surface area contributed by atoms with Crippen molar-refractivity contribution in [3.63, 3.8) is 0 Å². The highest BCUT2D eigenvalue weighted by molar-refractivity contribution is 9.10. The number of aromatic nitrogens is 1. The van der Waals surface area contributed by atoms with Crippen molar-refractivity contribution in [1.29, 1.82) is 0 Å². The molecule has 0 atom stereocenters. The fourth-order valence-corrected chi connectivity index (χ4v) is 4.98. The maximum absolute atomic E-state index is 13.5. The minimum Gasteiger partial charge on any atom is -0.317 e. The zero-order valence-electron chi connectivity index (χ0n) is 18.3. The van der Waals surface area contributed by atoms with Gasteiger partial charge in [0.2, 0.25) is 0 Å². The number of benzene rings is 3. The SMILES string of the molecule is O=C1/C(=C/c2cccn2-c2ccc(Br)cc2)SC(=NCc2ccccc2)N1Cc1ccccc1. The molecular weight excluding hydrogens is 506 g/mol. The number of carbonyl (C=O) groups excluding carboxylic acids is 1. The third-order valence-corrected chi connectivity index (χ3v) is 7.05. The van der Waals surface area contributed by atoms with E-state index >= 15 is 0 Å². The number of amidine groups is 1. The van der Waals surface area contributed by atoms with E-state index in [1.54, 1.807) is 4.90 Å². The van der Waals surface area contributed by atoms with Crippen LogP contribution in [0.4, 0.5) is 0 Å². The van der Waals surface area contributed by atoms with Crippen LogP contribution in [0.3, 0.4) is 0 Å². The molecule has 168 valence electrons. The lowest BCUT2D eigenvalue weighted by atomic mass is 10.2. The van der Waals surface area contributed by atoms with E-state index in [9.17, 15) is 4.79 Å². The molecule has 1 aliphatic rings. The Morgan fingerprint density at radius 2 is 1.50 bits per heavy atom. The average molecular weight is 528 g/mol. The molecule has 0 saturated carbocycles. The van der Waals surface area contributed by atoms with E-state index in [-0.39, 0.29) is 5.91 Å². The van der Waals surface area contributed by atoms with Crippen LogP contribution in [0.2, 0.25) is 0 Å². The van der Waals surface area contributed by atoms with Gasteiger partial charge in [-0.25, -0.2) is 0 Å². The van der Waals surface area contributed by atoms with Crippen LogP contribution >= 0.6 is 27.7 Å². The van der Waals surface area contributed by atoms with E-state index in [2.05, 4.69) is 32.6 Å². The summed E-state index contributed by atoms with van der Waals surface area (Å²) in [5.41, 5.74) is 4.17. The Hall–Kier alpha value is -3.35. The van der Waals surface area contributed by atoms with Crippen LogP contribution in [0, 0.1) is 0 Å². The van der Waals surface area contributed by atoms with E-state index in [4.69, 9.17) is 4.99 Å². The number of hydrogen-bond acceptors (Lipinski definition) is 3. The van der Waals surface area contributed by atoms with Gasteiger partial charge in [0.15, 0.2) is 5.17 Å². The molecule has 1 aliphatic heterocycles. The van der Waals surface area contributed by atoms with E-state index < -0.39 is 0 Å². The van der Waals surface area contributed by atoms with Crippen molar-refractivity contribution in [1.82, 2.24) is 9.47 Å². The molecule has 1 fully saturated rings. The number of thioether (sulfide) groups is 1. The zero-order valence-corrected chi connectivity index (χ0v) is 20.7. The van der Waals surface area contributed by atoms with Crippen LogP contribution < -0.4 is 0 Å². The van der Waals surface area contributed by atoms with Crippen molar-refractivity contribution in [2.75, 3.05) is 0 Å². The fraction of sp³-hybridized carbons (Fsp3) is 0.0714. The van der Waals surface area contributed by atoms with Crippen LogP contribution in [-0.2, 0) is 17.9 Å². The fourth-order valence-electron chi connectivity index (χ4n) is 3.76. The molecule has 0 unspecified atom stereocenters. The van der Waals surface area contributed by atoms with E-state index in [1.807, 2.05) is 97.2 Å². The molecule has 1 aromatic heterocycles. The van der Waals surface area contributed by atoms with Gasteiger partial charge in [-0.05, 0) is 65.4 Å². The number of halogens is 1. The Balaban J connectivity index is 1.46. The maximum atomic E-state index is 13.5. The first-order chi connectivity index (χ1) is 16.7. The zero-order chi connectivity index (χ0) is 23.3. The topological polar surface area (TPSA) is 37.6 Å². The number of amides is 1.